The molecule has 1 heteroatoms. The second-order valence-electron chi connectivity index (χ2n) is 3.24. The van der Waals surface area contributed by atoms with Crippen molar-refractivity contribution in [2.45, 2.75) is 26.7 Å². The Labute approximate surface area is 73.9 Å². The third kappa shape index (κ3) is 1.55. The zero-order chi connectivity index (χ0) is 9.14. The standard InChI is InChI=1S/C11H15N/c1-8-5-4-6-11(10(8)3)9(2)7-12/h4-7,9,12H,1-3H3. The van der Waals surface area contributed by atoms with E-state index in [1.54, 1.807) is 0 Å². The molecule has 0 saturated carbocycles. The van der Waals surface area contributed by atoms with Crippen molar-refractivity contribution in [2.75, 3.05) is 0 Å². The van der Waals surface area contributed by atoms with E-state index in [0.29, 0.717) is 0 Å². The third-order valence-corrected chi connectivity index (χ3v) is 2.39. The number of hydrogen-bond donors (Lipinski definition) is 1. The Morgan fingerprint density at radius 3 is 2.58 bits per heavy atom. The van der Waals surface area contributed by atoms with Crippen LogP contribution in [0.3, 0.4) is 0 Å². The predicted molar refractivity (Wildman–Crippen MR) is 53.1 cm³/mol. The molecule has 0 aliphatic rings. The van der Waals surface area contributed by atoms with Crippen molar-refractivity contribution < 1.29 is 0 Å². The normalized spacial score (nSPS) is 12.6. The van der Waals surface area contributed by atoms with E-state index in [-0.39, 0.29) is 5.92 Å². The van der Waals surface area contributed by atoms with Gasteiger partial charge in [-0.3, -0.25) is 0 Å². The lowest BCUT2D eigenvalue weighted by Crippen LogP contribution is -1.98. The van der Waals surface area contributed by atoms with Gasteiger partial charge in [-0.05, 0) is 30.5 Å². The Hall–Kier alpha value is -1.11. The van der Waals surface area contributed by atoms with Crippen LogP contribution in [0, 0.1) is 19.3 Å². The Bertz CT molecular complexity index is 289. The van der Waals surface area contributed by atoms with Crippen molar-refractivity contribution in [2.24, 2.45) is 0 Å². The molecule has 0 radical (unpaired) electrons. The van der Waals surface area contributed by atoms with E-state index < -0.39 is 0 Å². The van der Waals surface area contributed by atoms with Crippen LogP contribution in [0.1, 0.15) is 29.5 Å². The van der Waals surface area contributed by atoms with Crippen molar-refractivity contribution in [3.8, 4) is 0 Å². The average Bonchev–Trinajstić information content (AvgIpc) is 2.08. The SMILES string of the molecule is Cc1cccc(C(C)C=N)c1C. The predicted octanol–water partition coefficient (Wildman–Crippen LogP) is 3.06. The lowest BCUT2D eigenvalue weighted by Gasteiger charge is -2.11. The van der Waals surface area contributed by atoms with Crippen LogP contribution in [-0.2, 0) is 0 Å². The van der Waals surface area contributed by atoms with Gasteiger partial charge in [-0.1, -0.05) is 25.1 Å². The van der Waals surface area contributed by atoms with Gasteiger partial charge in [0.1, 0.15) is 0 Å². The van der Waals surface area contributed by atoms with Crippen molar-refractivity contribution in [1.82, 2.24) is 0 Å². The van der Waals surface area contributed by atoms with E-state index >= 15 is 0 Å². The van der Waals surface area contributed by atoms with Crippen LogP contribution in [0.2, 0.25) is 0 Å². The van der Waals surface area contributed by atoms with Crippen LogP contribution in [-0.4, -0.2) is 6.21 Å². The summed E-state index contributed by atoms with van der Waals surface area (Å²) in [6.07, 6.45) is 1.49. The van der Waals surface area contributed by atoms with E-state index in [0.717, 1.165) is 0 Å². The molecule has 0 saturated heterocycles. The average molecular weight is 161 g/mol. The molecule has 0 aliphatic carbocycles. The minimum absolute atomic E-state index is 0.241. The van der Waals surface area contributed by atoms with Crippen LogP contribution in [0.5, 0.6) is 0 Å². The lowest BCUT2D eigenvalue weighted by molar-refractivity contribution is 1.01. The second kappa shape index (κ2) is 3.53. The van der Waals surface area contributed by atoms with E-state index in [1.165, 1.54) is 22.9 Å². The second-order valence-corrected chi connectivity index (χ2v) is 3.24. The molecular weight excluding hydrogens is 146 g/mol. The van der Waals surface area contributed by atoms with Crippen LogP contribution in [0.25, 0.3) is 0 Å². The highest BCUT2D eigenvalue weighted by atomic mass is 14.3. The molecule has 1 unspecified atom stereocenters. The van der Waals surface area contributed by atoms with Gasteiger partial charge in [0.15, 0.2) is 0 Å². The number of nitrogens with one attached hydrogen (secondary N) is 1. The van der Waals surface area contributed by atoms with E-state index in [1.807, 2.05) is 0 Å². The van der Waals surface area contributed by atoms with Crippen molar-refractivity contribution >= 4 is 6.21 Å². The number of rotatable bonds is 2. The summed E-state index contributed by atoms with van der Waals surface area (Å²) in [5, 5.41) is 7.19. The Kier molecular flexibility index (Phi) is 2.64. The zero-order valence-electron chi connectivity index (χ0n) is 7.89. The smallest absolute Gasteiger partial charge is 0.0160 e. The number of aryl methyl sites for hydroxylation is 1. The first-order valence-electron chi connectivity index (χ1n) is 4.23. The van der Waals surface area contributed by atoms with Gasteiger partial charge < -0.3 is 5.41 Å². The molecule has 0 aliphatic heterocycles. The topological polar surface area (TPSA) is 23.9 Å². The van der Waals surface area contributed by atoms with Crippen molar-refractivity contribution in [3.63, 3.8) is 0 Å². The fraction of sp³-hybridized carbons (Fsp3) is 0.364. The summed E-state index contributed by atoms with van der Waals surface area (Å²) in [6, 6.07) is 6.26. The molecule has 1 aromatic carbocycles. The van der Waals surface area contributed by atoms with E-state index in [9.17, 15) is 0 Å². The van der Waals surface area contributed by atoms with Gasteiger partial charge >= 0.3 is 0 Å². The molecule has 0 fully saturated rings. The number of benzene rings is 1. The minimum atomic E-state index is 0.241. The number of hydrogen-bond acceptors (Lipinski definition) is 1. The maximum atomic E-state index is 7.19. The molecule has 1 nitrogen and oxygen atoms in total. The zero-order valence-corrected chi connectivity index (χ0v) is 7.89. The molecule has 12 heavy (non-hydrogen) atoms. The molecule has 0 aromatic heterocycles. The monoisotopic (exact) mass is 161 g/mol. The highest BCUT2D eigenvalue weighted by Crippen LogP contribution is 2.19. The molecular formula is C11H15N. The molecule has 1 aromatic rings. The van der Waals surface area contributed by atoms with Gasteiger partial charge in [0.05, 0.1) is 0 Å². The summed E-state index contributed by atoms with van der Waals surface area (Å²) < 4.78 is 0. The van der Waals surface area contributed by atoms with Crippen molar-refractivity contribution in [3.05, 3.63) is 34.9 Å². The molecule has 1 N–H and O–H groups in total. The molecule has 0 spiro atoms. The molecule has 64 valence electrons. The minimum Gasteiger partial charge on any atom is -0.312 e. The lowest BCUT2D eigenvalue weighted by atomic mass is 9.94. The highest BCUT2D eigenvalue weighted by molar-refractivity contribution is 5.65. The van der Waals surface area contributed by atoms with Gasteiger partial charge in [0.25, 0.3) is 0 Å². The van der Waals surface area contributed by atoms with Crippen LogP contribution in [0.4, 0.5) is 0 Å². The van der Waals surface area contributed by atoms with Crippen LogP contribution >= 0.6 is 0 Å². The van der Waals surface area contributed by atoms with Gasteiger partial charge in [0, 0.05) is 12.1 Å². The first kappa shape index (κ1) is 8.98. The maximum absolute atomic E-state index is 7.19. The van der Waals surface area contributed by atoms with Gasteiger partial charge in [0.2, 0.25) is 0 Å². The summed E-state index contributed by atoms with van der Waals surface area (Å²) in [5.74, 6) is 0.241. The molecule has 0 amide bonds. The largest absolute Gasteiger partial charge is 0.312 e. The van der Waals surface area contributed by atoms with Gasteiger partial charge in [-0.15, -0.1) is 0 Å². The fourth-order valence-electron chi connectivity index (χ4n) is 1.36. The third-order valence-electron chi connectivity index (χ3n) is 2.39. The van der Waals surface area contributed by atoms with Crippen LogP contribution in [0.15, 0.2) is 18.2 Å². The highest BCUT2D eigenvalue weighted by Gasteiger charge is 2.05. The summed E-state index contributed by atoms with van der Waals surface area (Å²) in [4.78, 5) is 0. The van der Waals surface area contributed by atoms with E-state index in [4.69, 9.17) is 5.41 Å². The first-order chi connectivity index (χ1) is 5.66. The van der Waals surface area contributed by atoms with Gasteiger partial charge in [-0.25, -0.2) is 0 Å². The van der Waals surface area contributed by atoms with Crippen molar-refractivity contribution in [1.29, 1.82) is 5.41 Å². The summed E-state index contributed by atoms with van der Waals surface area (Å²) >= 11 is 0. The molecule has 0 bridgehead atoms. The summed E-state index contributed by atoms with van der Waals surface area (Å²) in [5.41, 5.74) is 3.89. The van der Waals surface area contributed by atoms with Gasteiger partial charge in [-0.2, -0.15) is 0 Å². The Morgan fingerprint density at radius 2 is 2.00 bits per heavy atom. The fourth-order valence-corrected chi connectivity index (χ4v) is 1.36. The first-order valence-corrected chi connectivity index (χ1v) is 4.23. The Morgan fingerprint density at radius 1 is 1.33 bits per heavy atom. The maximum Gasteiger partial charge on any atom is 0.0160 e. The molecule has 1 rings (SSSR count). The molecule has 0 heterocycles. The van der Waals surface area contributed by atoms with Crippen LogP contribution < -0.4 is 0 Å². The van der Waals surface area contributed by atoms with E-state index in [2.05, 4.69) is 39.0 Å². The summed E-state index contributed by atoms with van der Waals surface area (Å²) in [7, 11) is 0. The summed E-state index contributed by atoms with van der Waals surface area (Å²) in [6.45, 7) is 6.27. The molecule has 1 atom stereocenters. The Balaban J connectivity index is 3.15. The quantitative estimate of drug-likeness (QED) is 0.645.